The maximum atomic E-state index is 11.8. The van der Waals surface area contributed by atoms with E-state index in [1.807, 2.05) is 27.7 Å². The van der Waals surface area contributed by atoms with Crippen molar-refractivity contribution in [3.05, 3.63) is 0 Å². The van der Waals surface area contributed by atoms with Crippen molar-refractivity contribution in [3.63, 3.8) is 0 Å². The summed E-state index contributed by atoms with van der Waals surface area (Å²) in [5, 5.41) is 76.4. The molecule has 38 atom stereocenters. The number of hydrogen-bond donors (Lipinski definition) is 8. The monoisotopic (exact) mass is 1590 g/mol. The molecule has 8 N–H and O–H groups in total. The second-order valence-electron chi connectivity index (χ2n) is 33.6. The Hall–Kier alpha value is -3.66. The summed E-state index contributed by atoms with van der Waals surface area (Å²) < 4.78 is 61.4. The van der Waals surface area contributed by atoms with Gasteiger partial charge in [-0.05, 0) is 122 Å². The Balaban J connectivity index is 0.000000679. The number of carbonyl (C=O) groups is 6. The third-order valence-electron chi connectivity index (χ3n) is 28.7. The molecular weight excluding hydrogens is 1430 g/mol. The van der Waals surface area contributed by atoms with Crippen molar-refractivity contribution < 1.29 is 117 Å². The fraction of sp³-hybridized carbons (Fsp3) is 0.931. The van der Waals surface area contributed by atoms with Crippen LogP contribution in [0, 0.1) is 93.2 Å². The molecule has 654 valence electrons. The van der Waals surface area contributed by atoms with E-state index in [9.17, 15) is 49.2 Å². The highest BCUT2D eigenvalue weighted by Gasteiger charge is 2.76. The molecule has 0 amide bonds. The van der Waals surface area contributed by atoms with E-state index >= 15 is 0 Å². The third kappa shape index (κ3) is 18.0. The van der Waals surface area contributed by atoms with Gasteiger partial charge in [-0.3, -0.25) is 28.8 Å². The van der Waals surface area contributed by atoms with Gasteiger partial charge in [0, 0.05) is 76.4 Å². The molecule has 15 saturated heterocycles. The molecule has 15 fully saturated rings. The van der Waals surface area contributed by atoms with Gasteiger partial charge in [0.05, 0.1) is 153 Å². The predicted octanol–water partition coefficient (Wildman–Crippen LogP) is 16.3. The average molecular weight is 1590 g/mol. The Kier molecular flexibility index (Phi) is 39.1. The summed E-state index contributed by atoms with van der Waals surface area (Å²) in [6.07, 6.45) is 14.7. The molecule has 15 aliphatic rings. The molecular formula is C87H162O24. The van der Waals surface area contributed by atoms with Crippen LogP contribution in [0.15, 0.2) is 0 Å². The number of rotatable bonds is 23. The highest BCUT2D eigenvalue weighted by Crippen LogP contribution is 2.66. The molecule has 24 nitrogen and oxygen atoms in total. The molecule has 0 spiro atoms. The van der Waals surface area contributed by atoms with E-state index in [0.717, 1.165) is 96.3 Å². The van der Waals surface area contributed by atoms with Gasteiger partial charge in [0.2, 0.25) is 0 Å². The lowest BCUT2D eigenvalue weighted by Gasteiger charge is -2.47. The number of aliphatic hydroxyl groups is 2. The van der Waals surface area contributed by atoms with Gasteiger partial charge in [-0.1, -0.05) is 157 Å². The van der Waals surface area contributed by atoms with Crippen LogP contribution in [0.2, 0.25) is 0 Å². The maximum Gasteiger partial charge on any atom is 0.313 e. The van der Waals surface area contributed by atoms with E-state index in [4.69, 9.17) is 67.8 Å². The van der Waals surface area contributed by atoms with E-state index in [2.05, 4.69) is 55.4 Å². The number of carboxylic acids is 6. The van der Waals surface area contributed by atoms with Gasteiger partial charge in [0.15, 0.2) is 0 Å². The van der Waals surface area contributed by atoms with Crippen LogP contribution in [0.4, 0.5) is 0 Å². The van der Waals surface area contributed by atoms with E-state index in [0.29, 0.717) is 71.8 Å². The Bertz CT molecular complexity index is 2950. The van der Waals surface area contributed by atoms with E-state index in [1.54, 1.807) is 6.92 Å². The molecule has 15 aliphatic heterocycles. The smallest absolute Gasteiger partial charge is 0.313 e. The van der Waals surface area contributed by atoms with Gasteiger partial charge in [0.25, 0.3) is 0 Å². The summed E-state index contributed by atoms with van der Waals surface area (Å²) in [5.41, 5.74) is -3.65. The molecule has 24 heteroatoms. The summed E-state index contributed by atoms with van der Waals surface area (Å²) >= 11 is 0. The van der Waals surface area contributed by atoms with Gasteiger partial charge in [0.1, 0.15) is 11.3 Å². The molecule has 10 bridgehead atoms. The molecule has 0 aromatic carbocycles. The van der Waals surface area contributed by atoms with Crippen LogP contribution in [0.3, 0.4) is 0 Å². The van der Waals surface area contributed by atoms with Crippen LogP contribution in [-0.2, 0) is 76.1 Å². The van der Waals surface area contributed by atoms with Crippen LogP contribution in [0.1, 0.15) is 293 Å². The first-order valence-electron chi connectivity index (χ1n) is 39.1. The van der Waals surface area contributed by atoms with Gasteiger partial charge in [-0.2, -0.15) is 0 Å². The van der Waals surface area contributed by atoms with Gasteiger partial charge < -0.3 is 88.2 Å². The largest absolute Gasteiger partial charge is 0.481 e. The highest BCUT2D eigenvalue weighted by atomic mass is 16.6. The first kappa shape index (κ1) is 105. The Morgan fingerprint density at radius 1 is 0.387 bits per heavy atom. The standard InChI is InChI=1S/C17H28O5.C16H26O5.C15H22O6.C15H24O4.C14H22O4.10CH4/c1-5-9-13-11-7-16(3,17(4,20)8-12(18)19)15(22-11)14(13)10(6-2)21-9;1-4-8-13-10-7-16(3,11(17)6-12(18)19)15(21-10)14(13)9(5-2)20-8;1-4-6-8-9(7(5-2)20-6)12-15(3,14(18)19)10(13(16)17)11(8)21-12;1-3-9-13-11-7-8(5-6-12(16)17)15(19-11)14(13)10(4-2)18-9;1-3-8-12-10-5-7(6-11(15)16)14(18-10)13(12)9(4-2)17-8;;;;;;;;;;/h9-11,13-15,20H,5-8H2,1-4H3,(H,18,19);8-11,13-15,17H,4-7H2,1-3H3,(H,18,19);6-12H,4-5H2,1-3H3,(H,16,17)(H,18,19);8-11,13-15H,3-7H2,1-2H3,(H,16,17);7-10,12-14H,3-6H2,1-2H3,(H,15,16);10*1H4. The molecule has 15 heterocycles. The summed E-state index contributed by atoms with van der Waals surface area (Å²) in [6.45, 7) is 28.4. The zero-order valence-electron chi connectivity index (χ0n) is 62.2. The first-order chi connectivity index (χ1) is 47.8. The fourth-order valence-corrected chi connectivity index (χ4v) is 24.0. The molecule has 0 aromatic heterocycles. The van der Waals surface area contributed by atoms with E-state index < -0.39 is 81.9 Å². The minimum Gasteiger partial charge on any atom is -0.481 e. The van der Waals surface area contributed by atoms with E-state index in [1.165, 1.54) is 6.92 Å². The van der Waals surface area contributed by atoms with Crippen molar-refractivity contribution >= 4 is 35.8 Å². The second-order valence-corrected chi connectivity index (χ2v) is 33.6. The van der Waals surface area contributed by atoms with Crippen molar-refractivity contribution in [2.75, 3.05) is 0 Å². The molecule has 0 radical (unpaired) electrons. The van der Waals surface area contributed by atoms with Gasteiger partial charge in [-0.15, -0.1) is 0 Å². The van der Waals surface area contributed by atoms with Crippen LogP contribution in [0.5, 0.6) is 0 Å². The van der Waals surface area contributed by atoms with Crippen molar-refractivity contribution in [2.45, 2.75) is 427 Å². The normalized spacial score (nSPS) is 44.9. The van der Waals surface area contributed by atoms with Crippen molar-refractivity contribution in [1.82, 2.24) is 0 Å². The number of carboxylic acid groups (broad SMARTS) is 6. The Morgan fingerprint density at radius 3 is 1.10 bits per heavy atom. The van der Waals surface area contributed by atoms with Crippen molar-refractivity contribution in [2.24, 2.45) is 93.2 Å². The van der Waals surface area contributed by atoms with Gasteiger partial charge in [-0.25, -0.2) is 0 Å². The highest BCUT2D eigenvalue weighted by molar-refractivity contribution is 5.85. The number of ether oxygens (including phenoxy) is 10. The van der Waals surface area contributed by atoms with Crippen LogP contribution < -0.4 is 0 Å². The summed E-state index contributed by atoms with van der Waals surface area (Å²) in [4.78, 5) is 67.2. The van der Waals surface area contributed by atoms with Crippen molar-refractivity contribution in [3.8, 4) is 0 Å². The quantitative estimate of drug-likeness (QED) is 0.0471. The second kappa shape index (κ2) is 41.1. The lowest BCUT2D eigenvalue weighted by atomic mass is 9.57. The SMILES string of the molecule is C.C.C.C.C.C.C.C.C.C.CCC1OC(CC)C2C1C1CC(C)(C(C)(O)CC(=O)O)C2O1.CCC1OC(CC)C2C1C1CC(C)(C(O)CC(=O)O)C2O1.CCC1OC(CC)C2C1C1OC2C(C)(C(=O)O)C1C(=O)O.CCC1OC(CC)C2C3OC(CC3CC(=O)O)C12.CCC1OC(CC)C2C3OC(CC3CCC(=O)O)C12. The Labute approximate surface area is 670 Å². The molecule has 38 unspecified atom stereocenters. The predicted molar refractivity (Wildman–Crippen MR) is 431 cm³/mol. The molecule has 0 aromatic rings. The van der Waals surface area contributed by atoms with Gasteiger partial charge >= 0.3 is 35.8 Å². The summed E-state index contributed by atoms with van der Waals surface area (Å²) in [5.74, 6) is -2.49. The minimum absolute atomic E-state index is 0. The number of aliphatic hydroxyl groups excluding tert-OH is 1. The van der Waals surface area contributed by atoms with Crippen LogP contribution in [0.25, 0.3) is 0 Å². The number of fused-ring (bicyclic) bond motifs is 25. The summed E-state index contributed by atoms with van der Waals surface area (Å²) in [6, 6.07) is 0. The lowest BCUT2D eigenvalue weighted by Crippen LogP contribution is -2.55. The average Bonchev–Trinajstić information content (AvgIpc) is 1.53. The summed E-state index contributed by atoms with van der Waals surface area (Å²) in [7, 11) is 0. The first-order valence-corrected chi connectivity index (χ1v) is 39.1. The molecule has 111 heavy (non-hydrogen) atoms. The minimum atomic E-state index is -1.38. The van der Waals surface area contributed by atoms with Crippen LogP contribution in [-0.4, -0.2) is 210 Å². The zero-order valence-corrected chi connectivity index (χ0v) is 62.2. The van der Waals surface area contributed by atoms with E-state index in [-0.39, 0.29) is 209 Å². The molecule has 15 rings (SSSR count). The third-order valence-corrected chi connectivity index (χ3v) is 28.7. The number of hydrogen-bond acceptors (Lipinski definition) is 18. The van der Waals surface area contributed by atoms with Crippen LogP contribution >= 0.6 is 0 Å². The molecule has 0 saturated carbocycles. The van der Waals surface area contributed by atoms with Crippen molar-refractivity contribution in [1.29, 1.82) is 0 Å². The topological polar surface area (TPSA) is 357 Å². The number of aliphatic carboxylic acids is 6. The maximum absolute atomic E-state index is 11.8. The molecule has 0 aliphatic carbocycles. The fourth-order valence-electron chi connectivity index (χ4n) is 24.0. The zero-order chi connectivity index (χ0) is 73.6. The lowest BCUT2D eigenvalue weighted by molar-refractivity contribution is -0.164. The Morgan fingerprint density at radius 2 is 0.730 bits per heavy atom.